The number of methoxy groups -OCH3 is 1. The zero-order chi connectivity index (χ0) is 13.8. The summed E-state index contributed by atoms with van der Waals surface area (Å²) in [5.41, 5.74) is 6.77. The fourth-order valence-corrected chi connectivity index (χ4v) is 1.95. The van der Waals surface area contributed by atoms with Gasteiger partial charge in [-0.2, -0.15) is 0 Å². The van der Waals surface area contributed by atoms with E-state index in [0.29, 0.717) is 27.2 Å². The van der Waals surface area contributed by atoms with Gasteiger partial charge in [-0.3, -0.25) is 0 Å². The number of hydrogen-bond donors (Lipinski definition) is 1. The number of nitrogens with two attached hydrogens (primary N) is 1. The Morgan fingerprint density at radius 1 is 1.26 bits per heavy atom. The molecule has 0 aliphatic rings. The van der Waals surface area contributed by atoms with Gasteiger partial charge in [-0.15, -0.1) is 0 Å². The van der Waals surface area contributed by atoms with Gasteiger partial charge in [0.25, 0.3) is 0 Å². The lowest BCUT2D eigenvalue weighted by atomic mass is 10.2. The molecule has 2 aromatic carbocycles. The third-order valence-electron chi connectivity index (χ3n) is 2.64. The van der Waals surface area contributed by atoms with Crippen LogP contribution in [0.5, 0.6) is 11.5 Å². The average Bonchev–Trinajstić information content (AvgIpc) is 2.41. The normalized spacial score (nSPS) is 10.3. The van der Waals surface area contributed by atoms with Crippen LogP contribution in [0.1, 0.15) is 5.56 Å². The molecular formula is C14H13BrFNO2. The number of benzene rings is 2. The maximum atomic E-state index is 13.7. The molecule has 0 bridgehead atoms. The summed E-state index contributed by atoms with van der Waals surface area (Å²) < 4.78 is 24.9. The number of nitrogen functional groups attached to an aromatic ring is 1. The molecule has 2 N–H and O–H groups in total. The molecule has 0 fully saturated rings. The van der Waals surface area contributed by atoms with Crippen LogP contribution in [-0.2, 0) is 6.61 Å². The van der Waals surface area contributed by atoms with Crippen LogP contribution in [0.3, 0.4) is 0 Å². The van der Waals surface area contributed by atoms with E-state index in [0.717, 1.165) is 0 Å². The number of hydrogen-bond acceptors (Lipinski definition) is 3. The van der Waals surface area contributed by atoms with Gasteiger partial charge in [-0.05, 0) is 40.2 Å². The highest BCUT2D eigenvalue weighted by atomic mass is 79.9. The largest absolute Gasteiger partial charge is 0.497 e. The quantitative estimate of drug-likeness (QED) is 0.870. The fourth-order valence-electron chi connectivity index (χ4n) is 1.57. The van der Waals surface area contributed by atoms with E-state index >= 15 is 0 Å². The van der Waals surface area contributed by atoms with Crippen molar-refractivity contribution in [2.24, 2.45) is 0 Å². The fraction of sp³-hybridized carbons (Fsp3) is 0.143. The summed E-state index contributed by atoms with van der Waals surface area (Å²) in [4.78, 5) is 0. The molecule has 0 saturated carbocycles. The average molecular weight is 326 g/mol. The Morgan fingerprint density at radius 3 is 2.74 bits per heavy atom. The van der Waals surface area contributed by atoms with Crippen molar-refractivity contribution in [2.45, 2.75) is 6.61 Å². The van der Waals surface area contributed by atoms with Crippen molar-refractivity contribution < 1.29 is 13.9 Å². The van der Waals surface area contributed by atoms with Crippen molar-refractivity contribution >= 4 is 21.6 Å². The molecule has 2 rings (SSSR count). The van der Waals surface area contributed by atoms with E-state index in [1.807, 2.05) is 0 Å². The second-order valence-electron chi connectivity index (χ2n) is 3.91. The summed E-state index contributed by atoms with van der Waals surface area (Å²) in [5, 5.41) is 0. The lowest BCUT2D eigenvalue weighted by molar-refractivity contribution is 0.297. The monoisotopic (exact) mass is 325 g/mol. The van der Waals surface area contributed by atoms with E-state index in [4.69, 9.17) is 15.2 Å². The summed E-state index contributed by atoms with van der Waals surface area (Å²) in [6.07, 6.45) is 0. The second-order valence-corrected chi connectivity index (χ2v) is 4.70. The van der Waals surface area contributed by atoms with Crippen LogP contribution >= 0.6 is 15.9 Å². The van der Waals surface area contributed by atoms with Crippen LogP contribution in [-0.4, -0.2) is 7.11 Å². The molecule has 0 aliphatic carbocycles. The predicted octanol–water partition coefficient (Wildman–Crippen LogP) is 3.76. The van der Waals surface area contributed by atoms with Crippen LogP contribution in [0, 0.1) is 5.82 Å². The van der Waals surface area contributed by atoms with Gasteiger partial charge >= 0.3 is 0 Å². The summed E-state index contributed by atoms with van der Waals surface area (Å²) in [7, 11) is 1.49. The minimum Gasteiger partial charge on any atom is -0.497 e. The van der Waals surface area contributed by atoms with Gasteiger partial charge in [0.15, 0.2) is 0 Å². The first-order valence-electron chi connectivity index (χ1n) is 5.61. The Morgan fingerprint density at radius 2 is 2.05 bits per heavy atom. The molecule has 100 valence electrons. The number of halogens is 2. The molecule has 0 atom stereocenters. The Bertz CT molecular complexity index is 590. The first-order valence-corrected chi connectivity index (χ1v) is 6.40. The molecule has 0 unspecified atom stereocenters. The van der Waals surface area contributed by atoms with E-state index in [9.17, 15) is 4.39 Å². The van der Waals surface area contributed by atoms with Crippen LogP contribution in [0.2, 0.25) is 0 Å². The van der Waals surface area contributed by atoms with Gasteiger partial charge in [0.1, 0.15) is 23.9 Å². The van der Waals surface area contributed by atoms with Gasteiger partial charge in [-0.25, -0.2) is 4.39 Å². The van der Waals surface area contributed by atoms with Gasteiger partial charge < -0.3 is 15.2 Å². The number of rotatable bonds is 4. The van der Waals surface area contributed by atoms with E-state index in [1.54, 1.807) is 30.3 Å². The van der Waals surface area contributed by atoms with E-state index in [1.165, 1.54) is 13.2 Å². The third kappa shape index (κ3) is 3.17. The molecule has 0 radical (unpaired) electrons. The SMILES string of the molecule is COc1ccc(COc2cccc(N)c2Br)c(F)c1. The van der Waals surface area contributed by atoms with Crippen molar-refractivity contribution in [3.8, 4) is 11.5 Å². The van der Waals surface area contributed by atoms with Crippen LogP contribution in [0.4, 0.5) is 10.1 Å². The summed E-state index contributed by atoms with van der Waals surface area (Å²) in [6.45, 7) is 0.123. The van der Waals surface area contributed by atoms with Crippen molar-refractivity contribution in [1.82, 2.24) is 0 Å². The minimum absolute atomic E-state index is 0.123. The smallest absolute Gasteiger partial charge is 0.136 e. The molecule has 0 amide bonds. The van der Waals surface area contributed by atoms with E-state index in [2.05, 4.69) is 15.9 Å². The summed E-state index contributed by atoms with van der Waals surface area (Å²) in [6, 6.07) is 9.95. The Kier molecular flexibility index (Phi) is 4.27. The predicted molar refractivity (Wildman–Crippen MR) is 75.8 cm³/mol. The summed E-state index contributed by atoms with van der Waals surface area (Å²) in [5.74, 6) is 0.695. The maximum Gasteiger partial charge on any atom is 0.136 e. The highest BCUT2D eigenvalue weighted by molar-refractivity contribution is 9.10. The number of anilines is 1. The lowest BCUT2D eigenvalue weighted by Crippen LogP contribution is -2.00. The molecule has 5 heteroatoms. The van der Waals surface area contributed by atoms with Gasteiger partial charge in [-0.1, -0.05) is 6.07 Å². The molecule has 19 heavy (non-hydrogen) atoms. The molecule has 0 saturated heterocycles. The molecule has 0 heterocycles. The molecule has 0 spiro atoms. The first-order chi connectivity index (χ1) is 9.11. The van der Waals surface area contributed by atoms with Crippen molar-refractivity contribution in [2.75, 3.05) is 12.8 Å². The standard InChI is InChI=1S/C14H13BrFNO2/c1-18-10-6-5-9(11(16)7-10)8-19-13-4-2-3-12(17)14(13)15/h2-7H,8,17H2,1H3. The first kappa shape index (κ1) is 13.7. The molecule has 0 aliphatic heterocycles. The van der Waals surface area contributed by atoms with Crippen LogP contribution in [0.25, 0.3) is 0 Å². The molecule has 3 nitrogen and oxygen atoms in total. The zero-order valence-corrected chi connectivity index (χ0v) is 11.9. The molecular weight excluding hydrogens is 313 g/mol. The van der Waals surface area contributed by atoms with E-state index in [-0.39, 0.29) is 12.4 Å². The van der Waals surface area contributed by atoms with Gasteiger partial charge in [0, 0.05) is 17.3 Å². The van der Waals surface area contributed by atoms with Gasteiger partial charge in [0.05, 0.1) is 11.6 Å². The van der Waals surface area contributed by atoms with Crippen LogP contribution < -0.4 is 15.2 Å². The van der Waals surface area contributed by atoms with E-state index < -0.39 is 0 Å². The van der Waals surface area contributed by atoms with Crippen molar-refractivity contribution in [3.63, 3.8) is 0 Å². The van der Waals surface area contributed by atoms with Crippen molar-refractivity contribution in [1.29, 1.82) is 0 Å². The second kappa shape index (κ2) is 5.93. The zero-order valence-electron chi connectivity index (χ0n) is 10.3. The van der Waals surface area contributed by atoms with Crippen molar-refractivity contribution in [3.05, 3.63) is 52.3 Å². The topological polar surface area (TPSA) is 44.5 Å². The van der Waals surface area contributed by atoms with Gasteiger partial charge in [0.2, 0.25) is 0 Å². The highest BCUT2D eigenvalue weighted by Gasteiger charge is 2.08. The Balaban J connectivity index is 2.12. The van der Waals surface area contributed by atoms with Crippen LogP contribution in [0.15, 0.2) is 40.9 Å². The molecule has 2 aromatic rings. The molecule has 0 aromatic heterocycles. The summed E-state index contributed by atoms with van der Waals surface area (Å²) >= 11 is 3.33. The Hall–Kier alpha value is -1.75. The lowest BCUT2D eigenvalue weighted by Gasteiger charge is -2.10. The highest BCUT2D eigenvalue weighted by Crippen LogP contribution is 2.31. The maximum absolute atomic E-state index is 13.7. The number of ether oxygens (including phenoxy) is 2. The minimum atomic E-state index is -0.362. The third-order valence-corrected chi connectivity index (χ3v) is 3.49. The Labute approximate surface area is 119 Å².